The number of nitrogens with two attached hydrogens (primary N) is 1. The second kappa shape index (κ2) is 5.51. The summed E-state index contributed by atoms with van der Waals surface area (Å²) in [6.07, 6.45) is 0.857. The molecule has 0 saturated heterocycles. The van der Waals surface area contributed by atoms with E-state index in [0.29, 0.717) is 12.8 Å². The van der Waals surface area contributed by atoms with E-state index in [2.05, 4.69) is 0 Å². The molecule has 0 aliphatic rings. The summed E-state index contributed by atoms with van der Waals surface area (Å²) < 4.78 is 5.08. The topological polar surface area (TPSA) is 52.3 Å². The average Bonchev–Trinajstić information content (AvgIpc) is 2.16. The first-order valence-electron chi connectivity index (χ1n) is 5.02. The molecule has 0 radical (unpaired) electrons. The second-order valence-electron chi connectivity index (χ2n) is 3.75. The summed E-state index contributed by atoms with van der Waals surface area (Å²) in [6.45, 7) is 1.84. The van der Waals surface area contributed by atoms with Crippen LogP contribution < -0.4 is 10.5 Å². The van der Waals surface area contributed by atoms with Crippen molar-refractivity contribution >= 4 is 5.78 Å². The molecule has 82 valence electrons. The van der Waals surface area contributed by atoms with Gasteiger partial charge in [0.1, 0.15) is 11.5 Å². The van der Waals surface area contributed by atoms with Crippen molar-refractivity contribution in [1.82, 2.24) is 0 Å². The van der Waals surface area contributed by atoms with E-state index in [9.17, 15) is 4.79 Å². The van der Waals surface area contributed by atoms with Crippen LogP contribution in [-0.4, -0.2) is 18.9 Å². The first-order chi connectivity index (χ1) is 7.11. The Morgan fingerprint density at radius 1 is 1.53 bits per heavy atom. The van der Waals surface area contributed by atoms with E-state index in [-0.39, 0.29) is 11.8 Å². The summed E-state index contributed by atoms with van der Waals surface area (Å²) in [7, 11) is 1.61. The van der Waals surface area contributed by atoms with Crippen LogP contribution in [0.3, 0.4) is 0 Å². The fourth-order valence-corrected chi connectivity index (χ4v) is 1.44. The number of methoxy groups -OCH3 is 1. The highest BCUT2D eigenvalue weighted by molar-refractivity contribution is 5.81. The molecule has 3 nitrogen and oxygen atoms in total. The molecule has 0 amide bonds. The highest BCUT2D eigenvalue weighted by Crippen LogP contribution is 2.13. The van der Waals surface area contributed by atoms with Crippen molar-refractivity contribution in [2.45, 2.75) is 25.8 Å². The van der Waals surface area contributed by atoms with Crippen LogP contribution in [0.5, 0.6) is 5.75 Å². The van der Waals surface area contributed by atoms with E-state index < -0.39 is 0 Å². The van der Waals surface area contributed by atoms with Gasteiger partial charge in [-0.15, -0.1) is 0 Å². The van der Waals surface area contributed by atoms with Gasteiger partial charge in [-0.2, -0.15) is 0 Å². The van der Waals surface area contributed by atoms with Crippen molar-refractivity contribution in [1.29, 1.82) is 0 Å². The molecule has 3 heteroatoms. The number of carbonyl (C=O) groups excluding carboxylic acids is 1. The molecule has 0 heterocycles. The maximum Gasteiger partial charge on any atom is 0.138 e. The standard InChI is InChI=1S/C12H17NO2/c1-9(13)6-11(14)7-10-4-3-5-12(8-10)15-2/h3-5,8-9H,6-7,13H2,1-2H3. The maximum atomic E-state index is 11.5. The predicted octanol–water partition coefficient (Wildman–Crippen LogP) is 1.54. The molecule has 1 rings (SSSR count). The molecule has 1 unspecified atom stereocenters. The molecule has 0 aliphatic carbocycles. The van der Waals surface area contributed by atoms with Gasteiger partial charge in [0, 0.05) is 18.9 Å². The van der Waals surface area contributed by atoms with E-state index in [4.69, 9.17) is 10.5 Å². The summed E-state index contributed by atoms with van der Waals surface area (Å²) in [6, 6.07) is 7.47. The number of rotatable bonds is 5. The van der Waals surface area contributed by atoms with Crippen LogP contribution in [0.2, 0.25) is 0 Å². The Kier molecular flexibility index (Phi) is 4.31. The van der Waals surface area contributed by atoms with Crippen molar-refractivity contribution in [2.24, 2.45) is 5.73 Å². The number of hydrogen-bond acceptors (Lipinski definition) is 3. The molecule has 0 aromatic heterocycles. The van der Waals surface area contributed by atoms with Crippen molar-refractivity contribution in [3.8, 4) is 5.75 Å². The van der Waals surface area contributed by atoms with Gasteiger partial charge >= 0.3 is 0 Å². The lowest BCUT2D eigenvalue weighted by atomic mass is 10.0. The number of ketones is 1. The summed E-state index contributed by atoms with van der Waals surface area (Å²) in [5.74, 6) is 0.944. The van der Waals surface area contributed by atoms with E-state index in [0.717, 1.165) is 11.3 Å². The third-order valence-electron chi connectivity index (χ3n) is 2.09. The van der Waals surface area contributed by atoms with Crippen LogP contribution in [0.25, 0.3) is 0 Å². The molecule has 2 N–H and O–H groups in total. The van der Waals surface area contributed by atoms with E-state index in [1.54, 1.807) is 7.11 Å². The largest absolute Gasteiger partial charge is 0.497 e. The SMILES string of the molecule is COc1cccc(CC(=O)CC(C)N)c1. The van der Waals surface area contributed by atoms with Crippen LogP contribution in [0, 0.1) is 0 Å². The average molecular weight is 207 g/mol. The van der Waals surface area contributed by atoms with Gasteiger partial charge in [0.2, 0.25) is 0 Å². The quantitative estimate of drug-likeness (QED) is 0.796. The third-order valence-corrected chi connectivity index (χ3v) is 2.09. The molecule has 0 fully saturated rings. The van der Waals surface area contributed by atoms with Gasteiger partial charge < -0.3 is 10.5 Å². The summed E-state index contributed by atoms with van der Waals surface area (Å²) in [4.78, 5) is 11.5. The van der Waals surface area contributed by atoms with Crippen LogP contribution in [0.4, 0.5) is 0 Å². The Morgan fingerprint density at radius 2 is 2.27 bits per heavy atom. The zero-order valence-electron chi connectivity index (χ0n) is 9.19. The van der Waals surface area contributed by atoms with Gasteiger partial charge in [0.15, 0.2) is 0 Å². The number of carbonyl (C=O) groups is 1. The Bertz CT molecular complexity index is 334. The molecule has 0 bridgehead atoms. The Balaban J connectivity index is 2.60. The predicted molar refractivity (Wildman–Crippen MR) is 60.0 cm³/mol. The molecule has 1 aromatic carbocycles. The van der Waals surface area contributed by atoms with E-state index >= 15 is 0 Å². The van der Waals surface area contributed by atoms with Crippen molar-refractivity contribution in [3.05, 3.63) is 29.8 Å². The molecule has 1 atom stereocenters. The lowest BCUT2D eigenvalue weighted by Crippen LogP contribution is -2.20. The lowest BCUT2D eigenvalue weighted by Gasteiger charge is -2.05. The molecule has 0 aliphatic heterocycles. The summed E-state index contributed by atoms with van der Waals surface area (Å²) in [5, 5.41) is 0. The van der Waals surface area contributed by atoms with Gasteiger partial charge in [-0.3, -0.25) is 4.79 Å². The zero-order valence-corrected chi connectivity index (χ0v) is 9.19. The lowest BCUT2D eigenvalue weighted by molar-refractivity contribution is -0.118. The Hall–Kier alpha value is -1.35. The van der Waals surface area contributed by atoms with E-state index in [1.807, 2.05) is 31.2 Å². The fraction of sp³-hybridized carbons (Fsp3) is 0.417. The van der Waals surface area contributed by atoms with Gasteiger partial charge in [-0.1, -0.05) is 12.1 Å². The van der Waals surface area contributed by atoms with Crippen molar-refractivity contribution in [3.63, 3.8) is 0 Å². The van der Waals surface area contributed by atoms with Crippen LogP contribution in [-0.2, 0) is 11.2 Å². The van der Waals surface area contributed by atoms with Crippen LogP contribution >= 0.6 is 0 Å². The third kappa shape index (κ3) is 4.13. The van der Waals surface area contributed by atoms with Gasteiger partial charge in [-0.25, -0.2) is 0 Å². The van der Waals surface area contributed by atoms with Crippen LogP contribution in [0.1, 0.15) is 18.9 Å². The molecule has 0 spiro atoms. The molecule has 15 heavy (non-hydrogen) atoms. The second-order valence-corrected chi connectivity index (χ2v) is 3.75. The number of Topliss-reactive ketones (excluding diaryl/α,β-unsaturated/α-hetero) is 1. The Labute approximate surface area is 90.2 Å². The van der Waals surface area contributed by atoms with Crippen molar-refractivity contribution in [2.75, 3.05) is 7.11 Å². The number of ether oxygens (including phenoxy) is 1. The number of hydrogen-bond donors (Lipinski definition) is 1. The van der Waals surface area contributed by atoms with Crippen molar-refractivity contribution < 1.29 is 9.53 Å². The van der Waals surface area contributed by atoms with Gasteiger partial charge in [0.25, 0.3) is 0 Å². The van der Waals surface area contributed by atoms with E-state index in [1.165, 1.54) is 0 Å². The number of benzene rings is 1. The molecule has 1 aromatic rings. The fourth-order valence-electron chi connectivity index (χ4n) is 1.44. The molecule has 0 saturated carbocycles. The summed E-state index contributed by atoms with van der Waals surface area (Å²) in [5.41, 5.74) is 6.53. The summed E-state index contributed by atoms with van der Waals surface area (Å²) >= 11 is 0. The minimum absolute atomic E-state index is 0.0666. The highest BCUT2D eigenvalue weighted by Gasteiger charge is 2.06. The first-order valence-corrected chi connectivity index (χ1v) is 5.02. The smallest absolute Gasteiger partial charge is 0.138 e. The molecular weight excluding hydrogens is 190 g/mol. The van der Waals surface area contributed by atoms with Gasteiger partial charge in [0.05, 0.1) is 7.11 Å². The maximum absolute atomic E-state index is 11.5. The normalized spacial score (nSPS) is 12.2. The minimum atomic E-state index is -0.0666. The Morgan fingerprint density at radius 3 is 2.87 bits per heavy atom. The minimum Gasteiger partial charge on any atom is -0.497 e. The van der Waals surface area contributed by atoms with Gasteiger partial charge in [-0.05, 0) is 24.6 Å². The molecular formula is C12H17NO2. The highest BCUT2D eigenvalue weighted by atomic mass is 16.5. The van der Waals surface area contributed by atoms with Crippen LogP contribution in [0.15, 0.2) is 24.3 Å². The monoisotopic (exact) mass is 207 g/mol. The first kappa shape index (κ1) is 11.7. The zero-order chi connectivity index (χ0) is 11.3.